The maximum absolute atomic E-state index is 13.6. The Balaban J connectivity index is 1.43. The van der Waals surface area contributed by atoms with Gasteiger partial charge < -0.3 is 14.6 Å². The second-order valence-corrected chi connectivity index (χ2v) is 9.45. The number of nitrogens with zero attached hydrogens (tertiary/aromatic N) is 5. The number of benzene rings is 2. The van der Waals surface area contributed by atoms with E-state index in [0.29, 0.717) is 47.6 Å². The number of carbonyl (C=O) groups is 1. The Morgan fingerprint density at radius 1 is 1.14 bits per heavy atom. The normalized spacial score (nSPS) is 22.9. The van der Waals surface area contributed by atoms with E-state index in [1.165, 1.54) is 0 Å². The number of aliphatic hydroxyl groups is 1. The van der Waals surface area contributed by atoms with Gasteiger partial charge in [0.1, 0.15) is 11.4 Å². The topological polar surface area (TPSA) is 84.1 Å². The number of hydrogen-bond donors (Lipinski definition) is 1. The van der Waals surface area contributed by atoms with Crippen LogP contribution in [0, 0.1) is 11.8 Å². The number of amides is 1. The highest BCUT2D eigenvalue weighted by atomic mass is 16.3. The Hall–Kier alpha value is -4.02. The molecular formula is C28H23N5O2. The first-order valence-electron chi connectivity index (χ1n) is 13.2. The van der Waals surface area contributed by atoms with E-state index in [1.807, 2.05) is 24.3 Å². The molecule has 0 radical (unpaired) electrons. The predicted molar refractivity (Wildman–Crippen MR) is 130 cm³/mol. The zero-order chi connectivity index (χ0) is 26.4. The van der Waals surface area contributed by atoms with Crippen LogP contribution in [0.3, 0.4) is 0 Å². The van der Waals surface area contributed by atoms with Gasteiger partial charge in [0.05, 0.1) is 23.1 Å². The van der Waals surface area contributed by atoms with Gasteiger partial charge in [0.2, 0.25) is 0 Å². The summed E-state index contributed by atoms with van der Waals surface area (Å²) in [6, 6.07) is 10.1. The maximum atomic E-state index is 13.6. The number of aromatic nitrogens is 4. The minimum Gasteiger partial charge on any atom is -0.382 e. The summed E-state index contributed by atoms with van der Waals surface area (Å²) in [7, 11) is 0. The van der Waals surface area contributed by atoms with Crippen molar-refractivity contribution in [2.24, 2.45) is 0 Å². The lowest BCUT2D eigenvalue weighted by molar-refractivity contribution is 0.0734. The minimum absolute atomic E-state index is 0.304. The molecule has 7 nitrogen and oxygen atoms in total. The van der Waals surface area contributed by atoms with Crippen molar-refractivity contribution < 1.29 is 14.0 Å². The molecule has 7 rings (SSSR count). The molecule has 4 heterocycles. The van der Waals surface area contributed by atoms with Crippen molar-refractivity contribution in [3.63, 3.8) is 0 Å². The summed E-state index contributed by atoms with van der Waals surface area (Å²) < 4.78 is 26.7. The molecule has 2 aromatic heterocycles. The Morgan fingerprint density at radius 2 is 1.97 bits per heavy atom. The van der Waals surface area contributed by atoms with Crippen molar-refractivity contribution in [3.8, 4) is 23.0 Å². The molecule has 1 amide bonds. The second-order valence-electron chi connectivity index (χ2n) is 9.45. The van der Waals surface area contributed by atoms with Crippen molar-refractivity contribution in [1.82, 2.24) is 24.4 Å². The van der Waals surface area contributed by atoms with Gasteiger partial charge in [-0.25, -0.2) is 15.0 Å². The maximum Gasteiger partial charge on any atom is 0.254 e. The largest absolute Gasteiger partial charge is 0.382 e. The molecule has 2 aromatic carbocycles. The Kier molecular flexibility index (Phi) is 3.48. The molecule has 4 aromatic rings. The fourth-order valence-corrected chi connectivity index (χ4v) is 5.43. The van der Waals surface area contributed by atoms with Crippen molar-refractivity contribution in [2.75, 3.05) is 6.98 Å². The molecule has 7 heteroatoms. The molecule has 2 atom stereocenters. The lowest BCUT2D eigenvalue weighted by Gasteiger charge is -2.24. The molecular weight excluding hydrogens is 438 g/mol. The highest BCUT2D eigenvalue weighted by Gasteiger charge is 2.45. The van der Waals surface area contributed by atoms with Crippen molar-refractivity contribution >= 4 is 16.9 Å². The van der Waals surface area contributed by atoms with Crippen LogP contribution in [-0.4, -0.2) is 42.4 Å². The van der Waals surface area contributed by atoms with E-state index < -0.39 is 24.5 Å². The SMILES string of the molecule is [2H]C([2H])([2H])N1C(=O)c2cccc(C#CC)c2[C@H]2C[C@@H]1c1nc3ccc(-c4cnc(C5(O)CC5)nc4)cc3n12. The van der Waals surface area contributed by atoms with Crippen LogP contribution in [-0.2, 0) is 5.60 Å². The number of rotatable bonds is 2. The number of carbonyl (C=O) groups excluding carboxylic acids is 1. The molecule has 0 spiro atoms. The molecule has 3 aliphatic rings. The summed E-state index contributed by atoms with van der Waals surface area (Å²) in [4.78, 5) is 28.3. The van der Waals surface area contributed by atoms with Crippen molar-refractivity contribution in [2.45, 2.75) is 43.9 Å². The zero-order valence-corrected chi connectivity index (χ0v) is 19.0. The second kappa shape index (κ2) is 7.00. The molecule has 0 unspecified atom stereocenters. The van der Waals surface area contributed by atoms with Crippen molar-refractivity contribution in [1.29, 1.82) is 0 Å². The summed E-state index contributed by atoms with van der Waals surface area (Å²) >= 11 is 0. The zero-order valence-electron chi connectivity index (χ0n) is 22.0. The average Bonchev–Trinajstić information content (AvgIpc) is 3.43. The van der Waals surface area contributed by atoms with E-state index in [4.69, 9.17) is 9.10 Å². The van der Waals surface area contributed by atoms with Gasteiger partial charge >= 0.3 is 0 Å². The van der Waals surface area contributed by atoms with Crippen LogP contribution in [0.25, 0.3) is 22.2 Å². The third-order valence-corrected chi connectivity index (χ3v) is 7.36. The fourth-order valence-electron chi connectivity index (χ4n) is 5.43. The lowest BCUT2D eigenvalue weighted by Crippen LogP contribution is -2.30. The van der Waals surface area contributed by atoms with Gasteiger partial charge in [-0.15, -0.1) is 5.92 Å². The molecule has 2 bridgehead atoms. The van der Waals surface area contributed by atoms with E-state index in [2.05, 4.69) is 26.4 Å². The molecule has 35 heavy (non-hydrogen) atoms. The molecule has 0 saturated heterocycles. The minimum atomic E-state index is -2.64. The lowest BCUT2D eigenvalue weighted by atomic mass is 9.93. The van der Waals surface area contributed by atoms with Gasteiger partial charge in [0.25, 0.3) is 5.91 Å². The molecule has 2 aliphatic heterocycles. The summed E-state index contributed by atoms with van der Waals surface area (Å²) in [5, 5.41) is 10.3. The standard InChI is InChI=1S/C28H23N5O2/c1-3-5-16-6-4-7-19-24(16)22-13-23(32(2)26(19)34)25-31-20-9-8-17(12-21(20)33(22)25)18-14-29-27(30-15-18)28(35)10-11-28/h4,6-9,12,14-15,22-23,35H,10-11,13H2,1-2H3/t22-,23-/m1/s1/i2D3. The van der Waals surface area contributed by atoms with E-state index in [-0.39, 0.29) is 6.04 Å². The van der Waals surface area contributed by atoms with Crippen LogP contribution in [0.15, 0.2) is 48.8 Å². The van der Waals surface area contributed by atoms with Gasteiger partial charge in [0.15, 0.2) is 5.82 Å². The third kappa shape index (κ3) is 2.84. The van der Waals surface area contributed by atoms with Gasteiger partial charge in [0, 0.05) is 52.2 Å². The smallest absolute Gasteiger partial charge is 0.254 e. The number of fused-ring (bicyclic) bond motifs is 9. The van der Waals surface area contributed by atoms with Crippen LogP contribution in [0.5, 0.6) is 0 Å². The number of imidazole rings is 1. The van der Waals surface area contributed by atoms with E-state index in [1.54, 1.807) is 31.5 Å². The highest BCUT2D eigenvalue weighted by Crippen LogP contribution is 2.48. The Labute approximate surface area is 206 Å². The summed E-state index contributed by atoms with van der Waals surface area (Å²) in [5.74, 6) is 6.52. The summed E-state index contributed by atoms with van der Waals surface area (Å²) in [6.45, 7) is -0.896. The van der Waals surface area contributed by atoms with Gasteiger partial charge in [-0.3, -0.25) is 4.79 Å². The number of hydrogen-bond acceptors (Lipinski definition) is 5. The van der Waals surface area contributed by atoms with Crippen LogP contribution >= 0.6 is 0 Å². The molecule has 1 N–H and O–H groups in total. The van der Waals surface area contributed by atoms with Crippen molar-refractivity contribution in [3.05, 3.63) is 77.1 Å². The monoisotopic (exact) mass is 464 g/mol. The summed E-state index contributed by atoms with van der Waals surface area (Å²) in [5.41, 5.74) is 4.12. The molecule has 1 fully saturated rings. The molecule has 1 aliphatic carbocycles. The molecule has 172 valence electrons. The predicted octanol–water partition coefficient (Wildman–Crippen LogP) is 3.97. The Morgan fingerprint density at radius 3 is 2.71 bits per heavy atom. The third-order valence-electron chi connectivity index (χ3n) is 7.36. The van der Waals surface area contributed by atoms with Gasteiger partial charge in [-0.05, 0) is 49.6 Å². The first-order valence-corrected chi connectivity index (χ1v) is 11.7. The van der Waals surface area contributed by atoms with Gasteiger partial charge in [-0.2, -0.15) is 0 Å². The Bertz CT molecular complexity index is 1710. The van der Waals surface area contributed by atoms with E-state index >= 15 is 0 Å². The van der Waals surface area contributed by atoms with Crippen LogP contribution in [0.1, 0.15) is 75.5 Å². The van der Waals surface area contributed by atoms with Crippen LogP contribution < -0.4 is 0 Å². The first-order chi connectivity index (χ1) is 18.2. The summed E-state index contributed by atoms with van der Waals surface area (Å²) in [6.07, 6.45) is 5.17. The van der Waals surface area contributed by atoms with Crippen LogP contribution in [0.2, 0.25) is 0 Å². The first kappa shape index (κ1) is 17.4. The van der Waals surface area contributed by atoms with Crippen LogP contribution in [0.4, 0.5) is 0 Å². The quantitative estimate of drug-likeness (QED) is 0.454. The van der Waals surface area contributed by atoms with E-state index in [0.717, 1.165) is 27.1 Å². The van der Waals surface area contributed by atoms with Gasteiger partial charge in [-0.1, -0.05) is 18.1 Å². The fraction of sp³-hybridized carbons (Fsp3) is 0.286. The molecule has 1 saturated carbocycles. The highest BCUT2D eigenvalue weighted by molar-refractivity contribution is 5.98. The van der Waals surface area contributed by atoms with E-state index in [9.17, 15) is 9.90 Å². The average molecular weight is 465 g/mol.